The summed E-state index contributed by atoms with van der Waals surface area (Å²) in [4.78, 5) is 12.4. The number of aryl methyl sites for hydroxylation is 2. The Morgan fingerprint density at radius 3 is 2.68 bits per heavy atom. The van der Waals surface area contributed by atoms with E-state index in [0.717, 1.165) is 29.9 Å². The lowest BCUT2D eigenvalue weighted by Crippen LogP contribution is -2.30. The van der Waals surface area contributed by atoms with Crippen LogP contribution in [0.4, 0.5) is 0 Å². The molecule has 0 saturated carbocycles. The van der Waals surface area contributed by atoms with Crippen molar-refractivity contribution in [1.82, 2.24) is 5.16 Å². The first-order valence-electron chi connectivity index (χ1n) is 7.97. The van der Waals surface area contributed by atoms with Crippen LogP contribution in [0.5, 0.6) is 0 Å². The number of rotatable bonds is 4. The molecule has 1 aromatic heterocycles. The van der Waals surface area contributed by atoms with Crippen molar-refractivity contribution in [2.75, 3.05) is 0 Å². The monoisotopic (exact) mass is 305 g/mol. The average Bonchev–Trinajstić information content (AvgIpc) is 2.67. The Kier molecular flexibility index (Phi) is 4.78. The van der Waals surface area contributed by atoms with Crippen LogP contribution in [0.25, 0.3) is 0 Å². The highest BCUT2D eigenvalue weighted by atomic mass is 16.5. The van der Waals surface area contributed by atoms with Crippen molar-refractivity contribution in [3.8, 4) is 0 Å². The van der Waals surface area contributed by atoms with E-state index in [9.17, 15) is 4.79 Å². The van der Waals surface area contributed by atoms with Crippen LogP contribution in [0, 0.1) is 25.2 Å². The van der Waals surface area contributed by atoms with Gasteiger partial charge in [0.15, 0.2) is 0 Å². The number of esters is 1. The molecule has 0 radical (unpaired) electrons. The zero-order valence-corrected chi connectivity index (χ0v) is 14.5. The maximum absolute atomic E-state index is 12.4. The van der Waals surface area contributed by atoms with Gasteiger partial charge in [0.1, 0.15) is 11.9 Å². The largest absolute Gasteiger partial charge is 0.458 e. The fraction of sp³-hybridized carbons (Fsp3) is 0.667. The summed E-state index contributed by atoms with van der Waals surface area (Å²) in [5.74, 6) is 0.439. The molecule has 22 heavy (non-hydrogen) atoms. The number of carbonyl (C=O) groups excluding carboxylic acids is 1. The maximum Gasteiger partial charge on any atom is 0.309 e. The zero-order valence-electron chi connectivity index (χ0n) is 14.5. The average molecular weight is 305 g/mol. The third kappa shape index (κ3) is 3.99. The topological polar surface area (TPSA) is 52.3 Å². The zero-order chi connectivity index (χ0) is 16.5. The standard InChI is InChI=1S/C18H27NO3/c1-11-7-15(10-18(5,6)9-11)21-17(20)12(2)8-16-13(3)19-22-14(16)4/h7,12,15H,8-10H2,1-6H3/t12-,15+/m0/s1. The Bertz CT molecular complexity index is 564. The summed E-state index contributed by atoms with van der Waals surface area (Å²) in [5, 5.41) is 3.94. The van der Waals surface area contributed by atoms with Crippen LogP contribution in [0.2, 0.25) is 0 Å². The Morgan fingerprint density at radius 1 is 1.45 bits per heavy atom. The highest BCUT2D eigenvalue weighted by Crippen LogP contribution is 2.36. The van der Waals surface area contributed by atoms with E-state index in [-0.39, 0.29) is 23.4 Å². The van der Waals surface area contributed by atoms with Crippen molar-refractivity contribution in [2.24, 2.45) is 11.3 Å². The van der Waals surface area contributed by atoms with Crippen molar-refractivity contribution < 1.29 is 14.1 Å². The lowest BCUT2D eigenvalue weighted by molar-refractivity contribution is -0.152. The molecule has 0 amide bonds. The van der Waals surface area contributed by atoms with Gasteiger partial charge < -0.3 is 9.26 Å². The smallest absolute Gasteiger partial charge is 0.309 e. The predicted octanol–water partition coefficient (Wildman–Crippen LogP) is 4.15. The molecule has 0 saturated heterocycles. The Balaban J connectivity index is 1.99. The molecular formula is C18H27NO3. The maximum atomic E-state index is 12.4. The van der Waals surface area contributed by atoms with Gasteiger partial charge in [0, 0.05) is 5.56 Å². The molecule has 1 heterocycles. The Labute approximate surface area is 132 Å². The quantitative estimate of drug-likeness (QED) is 0.619. The predicted molar refractivity (Wildman–Crippen MR) is 85.5 cm³/mol. The van der Waals surface area contributed by atoms with Gasteiger partial charge in [0.05, 0.1) is 11.6 Å². The number of aromatic nitrogens is 1. The van der Waals surface area contributed by atoms with E-state index in [1.165, 1.54) is 5.57 Å². The van der Waals surface area contributed by atoms with Crippen LogP contribution in [-0.4, -0.2) is 17.2 Å². The highest BCUT2D eigenvalue weighted by Gasteiger charge is 2.30. The molecule has 1 aliphatic carbocycles. The van der Waals surface area contributed by atoms with Crippen LogP contribution < -0.4 is 0 Å². The summed E-state index contributed by atoms with van der Waals surface area (Å²) >= 11 is 0. The molecule has 122 valence electrons. The fourth-order valence-electron chi connectivity index (χ4n) is 3.33. The van der Waals surface area contributed by atoms with E-state index in [2.05, 4.69) is 32.0 Å². The summed E-state index contributed by atoms with van der Waals surface area (Å²) < 4.78 is 10.9. The summed E-state index contributed by atoms with van der Waals surface area (Å²) in [5.41, 5.74) is 3.36. The van der Waals surface area contributed by atoms with E-state index >= 15 is 0 Å². The van der Waals surface area contributed by atoms with E-state index in [1.807, 2.05) is 20.8 Å². The molecule has 0 bridgehead atoms. The summed E-state index contributed by atoms with van der Waals surface area (Å²) in [6.07, 6.45) is 4.54. The molecule has 1 aliphatic rings. The first-order valence-corrected chi connectivity index (χ1v) is 7.97. The van der Waals surface area contributed by atoms with Gasteiger partial charge in [-0.2, -0.15) is 0 Å². The summed E-state index contributed by atoms with van der Waals surface area (Å²) in [6, 6.07) is 0. The molecule has 1 aromatic rings. The van der Waals surface area contributed by atoms with Gasteiger partial charge in [-0.15, -0.1) is 0 Å². The van der Waals surface area contributed by atoms with E-state index in [0.29, 0.717) is 6.42 Å². The first-order chi connectivity index (χ1) is 10.2. The van der Waals surface area contributed by atoms with Crippen molar-refractivity contribution in [1.29, 1.82) is 0 Å². The number of hydrogen-bond acceptors (Lipinski definition) is 4. The summed E-state index contributed by atoms with van der Waals surface area (Å²) in [6.45, 7) is 12.2. The lowest BCUT2D eigenvalue weighted by atomic mass is 9.76. The Hall–Kier alpha value is -1.58. The molecular weight excluding hydrogens is 278 g/mol. The number of allylic oxidation sites excluding steroid dienone is 1. The molecule has 2 rings (SSSR count). The van der Waals surface area contributed by atoms with Gasteiger partial charge in [0.2, 0.25) is 0 Å². The molecule has 0 aromatic carbocycles. The normalized spacial score (nSPS) is 22.1. The third-order valence-corrected chi connectivity index (χ3v) is 4.34. The van der Waals surface area contributed by atoms with Crippen LogP contribution in [-0.2, 0) is 16.0 Å². The van der Waals surface area contributed by atoms with Crippen molar-refractivity contribution in [3.05, 3.63) is 28.7 Å². The lowest BCUT2D eigenvalue weighted by Gasteiger charge is -2.33. The second kappa shape index (κ2) is 6.27. The second-order valence-corrected chi connectivity index (χ2v) is 7.44. The van der Waals surface area contributed by atoms with Crippen molar-refractivity contribution in [2.45, 2.75) is 66.9 Å². The summed E-state index contributed by atoms with van der Waals surface area (Å²) in [7, 11) is 0. The van der Waals surface area contributed by atoms with Crippen LogP contribution in [0.1, 0.15) is 57.6 Å². The van der Waals surface area contributed by atoms with Gasteiger partial charge in [0.25, 0.3) is 0 Å². The molecule has 0 spiro atoms. The van der Waals surface area contributed by atoms with Gasteiger partial charge >= 0.3 is 5.97 Å². The molecule has 4 nitrogen and oxygen atoms in total. The van der Waals surface area contributed by atoms with Crippen LogP contribution in [0.3, 0.4) is 0 Å². The molecule has 2 atom stereocenters. The minimum Gasteiger partial charge on any atom is -0.458 e. The van der Waals surface area contributed by atoms with Crippen molar-refractivity contribution in [3.63, 3.8) is 0 Å². The van der Waals surface area contributed by atoms with E-state index < -0.39 is 0 Å². The van der Waals surface area contributed by atoms with Gasteiger partial charge in [-0.1, -0.05) is 31.5 Å². The van der Waals surface area contributed by atoms with E-state index in [4.69, 9.17) is 9.26 Å². The minimum absolute atomic E-state index is 0.108. The molecule has 4 heteroatoms. The number of carbonyl (C=O) groups is 1. The van der Waals surface area contributed by atoms with Gasteiger partial charge in [-0.05, 0) is 51.5 Å². The molecule has 0 aliphatic heterocycles. The molecule has 0 fully saturated rings. The third-order valence-electron chi connectivity index (χ3n) is 4.34. The van der Waals surface area contributed by atoms with Gasteiger partial charge in [-0.25, -0.2) is 0 Å². The SMILES string of the molecule is CC1=C[C@@H](OC(=O)[C@@H](C)Cc2c(C)noc2C)CC(C)(C)C1. The van der Waals surface area contributed by atoms with Crippen LogP contribution in [0.15, 0.2) is 16.2 Å². The minimum atomic E-state index is -0.199. The molecule has 0 N–H and O–H groups in total. The number of ether oxygens (including phenoxy) is 1. The second-order valence-electron chi connectivity index (χ2n) is 7.44. The fourth-order valence-corrected chi connectivity index (χ4v) is 3.33. The van der Waals surface area contributed by atoms with E-state index in [1.54, 1.807) is 0 Å². The van der Waals surface area contributed by atoms with Gasteiger partial charge in [-0.3, -0.25) is 4.79 Å². The number of hydrogen-bond donors (Lipinski definition) is 0. The van der Waals surface area contributed by atoms with Crippen molar-refractivity contribution >= 4 is 5.97 Å². The Morgan fingerprint density at radius 2 is 2.14 bits per heavy atom. The van der Waals surface area contributed by atoms with Crippen LogP contribution >= 0.6 is 0 Å². The first kappa shape index (κ1) is 16.8. The highest BCUT2D eigenvalue weighted by molar-refractivity contribution is 5.72. The number of nitrogens with zero attached hydrogens (tertiary/aromatic N) is 1. The molecule has 0 unspecified atom stereocenters.